The van der Waals surface area contributed by atoms with Gasteiger partial charge in [-0.15, -0.1) is 0 Å². The lowest BCUT2D eigenvalue weighted by Gasteiger charge is -2.59. The molecule has 3 aliphatic rings. The summed E-state index contributed by atoms with van der Waals surface area (Å²) < 4.78 is 5.08. The lowest BCUT2D eigenvalue weighted by atomic mass is 9.45. The third-order valence-electron chi connectivity index (χ3n) is 4.87. The van der Waals surface area contributed by atoms with Gasteiger partial charge in [-0.2, -0.15) is 0 Å². The Kier molecular flexibility index (Phi) is 3.79. The van der Waals surface area contributed by atoms with Crippen LogP contribution < -0.4 is 0 Å². The van der Waals surface area contributed by atoms with E-state index in [1.807, 2.05) is 6.92 Å². The van der Waals surface area contributed by atoms with E-state index in [4.69, 9.17) is 9.73 Å². The molecular weight excluding hydrogens is 226 g/mol. The van der Waals surface area contributed by atoms with E-state index in [1.54, 1.807) is 0 Å². The van der Waals surface area contributed by atoms with Gasteiger partial charge >= 0.3 is 5.97 Å². The van der Waals surface area contributed by atoms with E-state index < -0.39 is 0 Å². The number of carbonyl (C=O) groups excluding carboxylic acids is 1. The van der Waals surface area contributed by atoms with E-state index in [0.29, 0.717) is 30.3 Å². The minimum atomic E-state index is -0.0644. The lowest BCUT2D eigenvalue weighted by molar-refractivity contribution is -0.144. The van der Waals surface area contributed by atoms with Crippen LogP contribution in [0.1, 0.15) is 47.0 Å². The molecule has 0 aromatic rings. The Bertz CT molecular complexity index is 360. The highest BCUT2D eigenvalue weighted by molar-refractivity contribution is 5.94. The van der Waals surface area contributed by atoms with Crippen molar-refractivity contribution in [1.82, 2.24) is 0 Å². The lowest BCUT2D eigenvalue weighted by Crippen LogP contribution is -2.56. The van der Waals surface area contributed by atoms with E-state index in [-0.39, 0.29) is 5.97 Å². The fraction of sp³-hybridized carbons (Fsp3) is 0.867. The van der Waals surface area contributed by atoms with Crippen molar-refractivity contribution < 1.29 is 9.53 Å². The van der Waals surface area contributed by atoms with Gasteiger partial charge in [0.25, 0.3) is 0 Å². The first-order chi connectivity index (χ1) is 8.50. The van der Waals surface area contributed by atoms with Gasteiger partial charge < -0.3 is 4.74 Å². The third kappa shape index (κ3) is 2.19. The summed E-state index contributed by atoms with van der Waals surface area (Å²) in [4.78, 5) is 16.4. The molecule has 0 saturated heterocycles. The molecule has 0 aromatic carbocycles. The highest BCUT2D eigenvalue weighted by Gasteiger charge is 2.56. The van der Waals surface area contributed by atoms with Gasteiger partial charge in [-0.25, -0.2) is 0 Å². The molecule has 3 saturated carbocycles. The first kappa shape index (κ1) is 13.6. The number of hydrogen-bond acceptors (Lipinski definition) is 3. The van der Waals surface area contributed by atoms with Gasteiger partial charge in [0, 0.05) is 24.1 Å². The Morgan fingerprint density at radius 1 is 1.39 bits per heavy atom. The van der Waals surface area contributed by atoms with Gasteiger partial charge in [0.05, 0.1) is 13.0 Å². The molecule has 3 heteroatoms. The van der Waals surface area contributed by atoms with Crippen LogP contribution in [0.5, 0.6) is 0 Å². The van der Waals surface area contributed by atoms with Crippen molar-refractivity contribution >= 4 is 11.7 Å². The Morgan fingerprint density at radius 2 is 2.11 bits per heavy atom. The molecule has 0 aromatic heterocycles. The Labute approximate surface area is 110 Å². The topological polar surface area (TPSA) is 38.7 Å². The van der Waals surface area contributed by atoms with Crippen molar-refractivity contribution in [1.29, 1.82) is 0 Å². The maximum atomic E-state index is 11.7. The highest BCUT2D eigenvalue weighted by Crippen LogP contribution is 2.59. The van der Waals surface area contributed by atoms with Crippen LogP contribution in [-0.2, 0) is 9.53 Å². The van der Waals surface area contributed by atoms with Gasteiger partial charge in [-0.05, 0) is 38.0 Å². The monoisotopic (exact) mass is 251 g/mol. The summed E-state index contributed by atoms with van der Waals surface area (Å²) in [5.41, 5.74) is 1.68. The van der Waals surface area contributed by atoms with Crippen molar-refractivity contribution in [3.05, 3.63) is 0 Å². The van der Waals surface area contributed by atoms with Gasteiger partial charge in [0.1, 0.15) is 0 Å². The summed E-state index contributed by atoms with van der Waals surface area (Å²) in [5.74, 6) is 1.62. The molecule has 0 N–H and O–H groups in total. The van der Waals surface area contributed by atoms with Crippen molar-refractivity contribution in [2.75, 3.05) is 13.2 Å². The largest absolute Gasteiger partial charge is 0.466 e. The second-order valence-corrected chi connectivity index (χ2v) is 6.15. The van der Waals surface area contributed by atoms with Crippen molar-refractivity contribution in [3.63, 3.8) is 0 Å². The number of nitrogens with zero attached hydrogens (tertiary/aromatic N) is 1. The molecule has 0 unspecified atom stereocenters. The predicted octanol–water partition coefficient (Wildman–Crippen LogP) is 3.08. The SMILES string of the molecule is CC/N=C1/[C@@H](CC(=O)OCC)C[C@H]2C[C@@H]1C2(C)C. The number of aliphatic imine (C=N–C) groups is 1. The van der Waals surface area contributed by atoms with Crippen LogP contribution in [0.2, 0.25) is 0 Å². The molecule has 0 amide bonds. The van der Waals surface area contributed by atoms with E-state index in [1.165, 1.54) is 12.1 Å². The first-order valence-corrected chi connectivity index (χ1v) is 7.20. The molecule has 0 aliphatic heterocycles. The predicted molar refractivity (Wildman–Crippen MR) is 72.7 cm³/mol. The second kappa shape index (κ2) is 5.02. The summed E-state index contributed by atoms with van der Waals surface area (Å²) in [7, 11) is 0. The van der Waals surface area contributed by atoms with Crippen molar-refractivity contribution in [2.24, 2.45) is 28.2 Å². The molecule has 0 spiro atoms. The minimum Gasteiger partial charge on any atom is -0.466 e. The molecule has 3 atom stereocenters. The first-order valence-electron chi connectivity index (χ1n) is 7.20. The van der Waals surface area contributed by atoms with Crippen LogP contribution in [0.3, 0.4) is 0 Å². The Hall–Kier alpha value is -0.860. The summed E-state index contributed by atoms with van der Waals surface area (Å²) in [6.07, 6.45) is 2.90. The van der Waals surface area contributed by atoms with Gasteiger partial charge in [0.2, 0.25) is 0 Å². The van der Waals surface area contributed by atoms with Crippen LogP contribution in [-0.4, -0.2) is 24.8 Å². The molecule has 3 nitrogen and oxygen atoms in total. The maximum Gasteiger partial charge on any atom is 0.306 e. The number of esters is 1. The van der Waals surface area contributed by atoms with E-state index in [9.17, 15) is 4.79 Å². The Balaban J connectivity index is 2.08. The summed E-state index contributed by atoms with van der Waals surface area (Å²) in [6.45, 7) is 9.93. The molecule has 2 bridgehead atoms. The quantitative estimate of drug-likeness (QED) is 0.720. The molecule has 18 heavy (non-hydrogen) atoms. The van der Waals surface area contributed by atoms with Crippen LogP contribution >= 0.6 is 0 Å². The van der Waals surface area contributed by atoms with Crippen LogP contribution in [0.15, 0.2) is 4.99 Å². The fourth-order valence-electron chi connectivity index (χ4n) is 3.70. The van der Waals surface area contributed by atoms with E-state index in [0.717, 1.165) is 18.9 Å². The van der Waals surface area contributed by atoms with Crippen molar-refractivity contribution in [2.45, 2.75) is 47.0 Å². The van der Waals surface area contributed by atoms with E-state index in [2.05, 4.69) is 20.8 Å². The number of ether oxygens (including phenoxy) is 1. The van der Waals surface area contributed by atoms with Gasteiger partial charge in [-0.3, -0.25) is 9.79 Å². The number of fused-ring (bicyclic) bond motifs is 2. The smallest absolute Gasteiger partial charge is 0.306 e. The van der Waals surface area contributed by atoms with Crippen LogP contribution in [0.4, 0.5) is 0 Å². The number of rotatable bonds is 4. The molecule has 0 heterocycles. The minimum absolute atomic E-state index is 0.0644. The van der Waals surface area contributed by atoms with Crippen LogP contribution in [0.25, 0.3) is 0 Å². The van der Waals surface area contributed by atoms with Crippen LogP contribution in [0, 0.1) is 23.2 Å². The average Bonchev–Trinajstić information content (AvgIpc) is 2.31. The van der Waals surface area contributed by atoms with Crippen molar-refractivity contribution in [3.8, 4) is 0 Å². The number of hydrogen-bond donors (Lipinski definition) is 0. The molecule has 3 aliphatic carbocycles. The fourth-order valence-corrected chi connectivity index (χ4v) is 3.70. The second-order valence-electron chi connectivity index (χ2n) is 6.15. The zero-order chi connectivity index (χ0) is 13.3. The zero-order valence-corrected chi connectivity index (χ0v) is 12.0. The Morgan fingerprint density at radius 3 is 2.67 bits per heavy atom. The highest BCUT2D eigenvalue weighted by atomic mass is 16.5. The summed E-state index contributed by atoms with van der Waals surface area (Å²) in [5, 5.41) is 0. The molecule has 3 rings (SSSR count). The molecular formula is C15H25NO2. The average molecular weight is 251 g/mol. The maximum absolute atomic E-state index is 11.7. The molecule has 3 fully saturated rings. The zero-order valence-electron chi connectivity index (χ0n) is 12.0. The standard InChI is InChI=1S/C15H25NO2/c1-5-16-14-10(8-13(17)18-6-2)7-11-9-12(14)15(11,3)4/h10-12H,5-9H2,1-4H3/b16-14-/t10-,11+,12+/m1/s1. The normalized spacial score (nSPS) is 35.1. The molecule has 0 radical (unpaired) electrons. The number of carbonyl (C=O) groups is 1. The summed E-state index contributed by atoms with van der Waals surface area (Å²) >= 11 is 0. The summed E-state index contributed by atoms with van der Waals surface area (Å²) in [6, 6.07) is 0. The van der Waals surface area contributed by atoms with E-state index >= 15 is 0 Å². The van der Waals surface area contributed by atoms with Gasteiger partial charge in [-0.1, -0.05) is 13.8 Å². The molecule has 102 valence electrons. The van der Waals surface area contributed by atoms with Gasteiger partial charge in [0.15, 0.2) is 0 Å². The third-order valence-corrected chi connectivity index (χ3v) is 4.87.